The Bertz CT molecular complexity index is 1330. The molecule has 0 radical (unpaired) electrons. The van der Waals surface area contributed by atoms with Gasteiger partial charge in [0.25, 0.3) is 5.91 Å². The largest absolute Gasteiger partial charge is 0.436 e. The van der Waals surface area contributed by atoms with Gasteiger partial charge in [-0.3, -0.25) is 4.79 Å². The van der Waals surface area contributed by atoms with E-state index >= 15 is 0 Å². The number of hydrogen-bond donors (Lipinski definition) is 2. The van der Waals surface area contributed by atoms with Gasteiger partial charge in [0.1, 0.15) is 0 Å². The number of benzene rings is 2. The Morgan fingerprint density at radius 1 is 0.844 bits per heavy atom. The zero-order chi connectivity index (χ0) is 31.3. The van der Waals surface area contributed by atoms with Crippen molar-refractivity contribution in [2.24, 2.45) is 11.8 Å². The molecule has 2 aromatic carbocycles. The number of para-hydroxylation sites is 1. The van der Waals surface area contributed by atoms with Gasteiger partial charge in [0, 0.05) is 56.6 Å². The van der Waals surface area contributed by atoms with Crippen molar-refractivity contribution in [2.45, 2.75) is 63.5 Å². The first-order valence-corrected chi connectivity index (χ1v) is 16.8. The number of nitrogen functional groups attached to an aromatic ring is 1. The van der Waals surface area contributed by atoms with E-state index in [0.29, 0.717) is 63.6 Å². The summed E-state index contributed by atoms with van der Waals surface area (Å²) >= 11 is 0. The summed E-state index contributed by atoms with van der Waals surface area (Å²) in [6.07, 6.45) is 5.56. The predicted octanol–water partition coefficient (Wildman–Crippen LogP) is 4.45. The molecule has 0 saturated carbocycles. The fraction of sp³-hybridized carbons (Fsp3) is 0.571. The van der Waals surface area contributed by atoms with E-state index < -0.39 is 12.2 Å². The van der Waals surface area contributed by atoms with Crippen LogP contribution < -0.4 is 11.1 Å². The molecule has 1 atom stereocenters. The zero-order valence-electron chi connectivity index (χ0n) is 26.5. The van der Waals surface area contributed by atoms with Crippen molar-refractivity contribution in [3.05, 3.63) is 59.7 Å². The highest BCUT2D eigenvalue weighted by molar-refractivity contribution is 5.91. The minimum atomic E-state index is -0.895. The van der Waals surface area contributed by atoms with Gasteiger partial charge in [-0.05, 0) is 106 Å². The summed E-state index contributed by atoms with van der Waals surface area (Å²) in [5.41, 5.74) is 9.46. The average molecular weight is 617 g/mol. The van der Waals surface area contributed by atoms with Gasteiger partial charge in [-0.1, -0.05) is 30.3 Å². The number of amides is 4. The van der Waals surface area contributed by atoms with E-state index in [1.165, 1.54) is 12.8 Å². The van der Waals surface area contributed by atoms with Crippen molar-refractivity contribution in [2.75, 3.05) is 63.9 Å². The second-order valence-electron chi connectivity index (χ2n) is 13.4. The summed E-state index contributed by atoms with van der Waals surface area (Å²) < 4.78 is 6.02. The maximum absolute atomic E-state index is 13.9. The number of nitrogens with zero attached hydrogens (tertiary/aromatic N) is 4. The Morgan fingerprint density at radius 2 is 1.47 bits per heavy atom. The minimum absolute atomic E-state index is 0.0430. The zero-order valence-corrected chi connectivity index (χ0v) is 26.5. The van der Waals surface area contributed by atoms with Gasteiger partial charge in [-0.2, -0.15) is 0 Å². The third-order valence-corrected chi connectivity index (χ3v) is 10.5. The Labute approximate surface area is 266 Å². The molecule has 0 aromatic heterocycles. The van der Waals surface area contributed by atoms with Crippen molar-refractivity contribution in [3.63, 3.8) is 0 Å². The van der Waals surface area contributed by atoms with Crippen molar-refractivity contribution < 1.29 is 19.1 Å². The number of hydrogen-bond acceptors (Lipinski definition) is 6. The molecule has 0 unspecified atom stereocenters. The number of nitrogens with one attached hydrogen (secondary N) is 1. The Morgan fingerprint density at radius 3 is 2.16 bits per heavy atom. The molecule has 10 heteroatoms. The standard InChI is InChI=1S/C35H48N6O4/c1-38-17-10-26(11-18-38)27-12-19-39(20-13-27)33(42)32(24-25-6-8-29(36)9-7-25)45-35(44)40-21-15-30(16-22-40)41-23-14-28-4-2-3-5-31(28)37-34(41)43/h2-9,26-27,30,32H,10-24,36H2,1H3,(H,37,43)/t32-/m1/s1. The molecule has 4 heterocycles. The molecule has 0 aliphatic carbocycles. The number of urea groups is 1. The van der Waals surface area contributed by atoms with Crippen LogP contribution in [0.1, 0.15) is 49.7 Å². The SMILES string of the molecule is CN1CCC(C2CCN(C(=O)[C@@H](Cc3ccc(N)cc3)OC(=O)N3CCC(N4CCc5ccccc5NC4=O)CC3)CC2)CC1. The van der Waals surface area contributed by atoms with Crippen LogP contribution >= 0.6 is 0 Å². The van der Waals surface area contributed by atoms with E-state index in [0.717, 1.165) is 55.1 Å². The molecule has 4 amide bonds. The Balaban J connectivity index is 1.05. The monoisotopic (exact) mass is 616 g/mol. The molecule has 3 saturated heterocycles. The van der Waals surface area contributed by atoms with Gasteiger partial charge < -0.3 is 35.4 Å². The fourth-order valence-corrected chi connectivity index (χ4v) is 7.64. The summed E-state index contributed by atoms with van der Waals surface area (Å²) in [5.74, 6) is 1.28. The van der Waals surface area contributed by atoms with E-state index in [1.807, 2.05) is 52.3 Å². The summed E-state index contributed by atoms with van der Waals surface area (Å²) in [6, 6.07) is 15.3. The fourth-order valence-electron chi connectivity index (χ4n) is 7.64. The summed E-state index contributed by atoms with van der Waals surface area (Å²) in [4.78, 5) is 48.3. The normalized spacial score (nSPS) is 21.5. The first-order valence-electron chi connectivity index (χ1n) is 16.8. The highest BCUT2D eigenvalue weighted by Crippen LogP contribution is 2.33. The van der Waals surface area contributed by atoms with Crippen LogP contribution in [0.2, 0.25) is 0 Å². The minimum Gasteiger partial charge on any atom is -0.436 e. The van der Waals surface area contributed by atoms with E-state index in [1.54, 1.807) is 4.90 Å². The summed E-state index contributed by atoms with van der Waals surface area (Å²) in [6.45, 7) is 5.32. The Kier molecular flexibility index (Phi) is 9.78. The van der Waals surface area contributed by atoms with Crippen LogP contribution in [0.5, 0.6) is 0 Å². The molecule has 3 fully saturated rings. The molecule has 10 nitrogen and oxygen atoms in total. The van der Waals surface area contributed by atoms with Crippen LogP contribution in [0.4, 0.5) is 21.0 Å². The van der Waals surface area contributed by atoms with E-state index in [4.69, 9.17) is 10.5 Å². The lowest BCUT2D eigenvalue weighted by atomic mass is 9.79. The third-order valence-electron chi connectivity index (χ3n) is 10.5. The van der Waals surface area contributed by atoms with E-state index in [-0.39, 0.29) is 18.0 Å². The molecule has 6 rings (SSSR count). The number of fused-ring (bicyclic) bond motifs is 1. The van der Waals surface area contributed by atoms with Crippen LogP contribution in [-0.4, -0.2) is 103 Å². The van der Waals surface area contributed by atoms with Crippen LogP contribution in [0.15, 0.2) is 48.5 Å². The number of nitrogens with two attached hydrogens (primary N) is 1. The lowest BCUT2D eigenvalue weighted by molar-refractivity contribution is -0.142. The van der Waals surface area contributed by atoms with Crippen molar-refractivity contribution in [3.8, 4) is 0 Å². The van der Waals surface area contributed by atoms with Gasteiger partial charge in [-0.25, -0.2) is 9.59 Å². The van der Waals surface area contributed by atoms with Gasteiger partial charge >= 0.3 is 12.1 Å². The topological polar surface area (TPSA) is 111 Å². The van der Waals surface area contributed by atoms with Gasteiger partial charge in [0.15, 0.2) is 6.10 Å². The lowest BCUT2D eigenvalue weighted by Crippen LogP contribution is -2.52. The Hall–Kier alpha value is -3.79. The molecule has 4 aliphatic heterocycles. The van der Waals surface area contributed by atoms with Crippen LogP contribution in [-0.2, 0) is 22.4 Å². The van der Waals surface area contributed by atoms with E-state index in [9.17, 15) is 14.4 Å². The van der Waals surface area contributed by atoms with Crippen molar-refractivity contribution in [1.29, 1.82) is 0 Å². The molecule has 2 aromatic rings. The molecule has 4 aliphatic rings. The molecule has 45 heavy (non-hydrogen) atoms. The molecular formula is C35H48N6O4. The number of likely N-dealkylation sites (tertiary alicyclic amines) is 3. The third kappa shape index (κ3) is 7.54. The average Bonchev–Trinajstić information content (AvgIpc) is 3.23. The molecular weight excluding hydrogens is 568 g/mol. The maximum atomic E-state index is 13.9. The maximum Gasteiger partial charge on any atom is 0.410 e. The second-order valence-corrected chi connectivity index (χ2v) is 13.4. The van der Waals surface area contributed by atoms with Crippen LogP contribution in [0, 0.1) is 11.8 Å². The number of ether oxygens (including phenoxy) is 1. The highest BCUT2D eigenvalue weighted by atomic mass is 16.6. The van der Waals surface area contributed by atoms with Crippen LogP contribution in [0.3, 0.4) is 0 Å². The highest BCUT2D eigenvalue weighted by Gasteiger charge is 2.36. The number of anilines is 2. The van der Waals surface area contributed by atoms with Gasteiger partial charge in [-0.15, -0.1) is 0 Å². The summed E-state index contributed by atoms with van der Waals surface area (Å²) in [7, 11) is 2.19. The molecule has 242 valence electrons. The quantitative estimate of drug-likeness (QED) is 0.464. The first kappa shape index (κ1) is 31.2. The van der Waals surface area contributed by atoms with Crippen molar-refractivity contribution >= 4 is 29.4 Å². The molecule has 0 spiro atoms. The number of carbonyl (C=O) groups excluding carboxylic acids is 3. The van der Waals surface area contributed by atoms with Gasteiger partial charge in [0.2, 0.25) is 0 Å². The van der Waals surface area contributed by atoms with E-state index in [2.05, 4.69) is 23.3 Å². The molecule has 0 bridgehead atoms. The number of piperidine rings is 3. The number of carbonyl (C=O) groups is 3. The smallest absolute Gasteiger partial charge is 0.410 e. The van der Waals surface area contributed by atoms with Gasteiger partial charge in [0.05, 0.1) is 0 Å². The van der Waals surface area contributed by atoms with Crippen molar-refractivity contribution in [1.82, 2.24) is 19.6 Å². The summed E-state index contributed by atoms with van der Waals surface area (Å²) in [5, 5.41) is 3.05. The predicted molar refractivity (Wildman–Crippen MR) is 175 cm³/mol. The number of rotatable bonds is 6. The van der Waals surface area contributed by atoms with Crippen LogP contribution in [0.25, 0.3) is 0 Å². The molecule has 3 N–H and O–H groups in total. The first-order chi connectivity index (χ1) is 21.8. The lowest BCUT2D eigenvalue weighted by Gasteiger charge is -2.40. The second kappa shape index (κ2) is 14.1.